The largest absolute Gasteiger partial charge is 0.416 e. The first kappa shape index (κ1) is 20.5. The van der Waals surface area contributed by atoms with Gasteiger partial charge in [0.15, 0.2) is 0 Å². The van der Waals surface area contributed by atoms with Gasteiger partial charge in [-0.25, -0.2) is 0 Å². The van der Waals surface area contributed by atoms with E-state index in [0.29, 0.717) is 29.8 Å². The van der Waals surface area contributed by atoms with Crippen molar-refractivity contribution in [1.29, 1.82) is 0 Å². The molecular weight excluding hydrogens is 357 g/mol. The zero-order valence-electron chi connectivity index (χ0n) is 15.1. The van der Waals surface area contributed by atoms with E-state index in [9.17, 15) is 22.8 Å². The van der Waals surface area contributed by atoms with E-state index < -0.39 is 11.7 Å². The molecule has 0 aliphatic carbocycles. The minimum Gasteiger partial charge on any atom is -0.355 e. The zero-order chi connectivity index (χ0) is 20.0. The molecule has 0 heterocycles. The summed E-state index contributed by atoms with van der Waals surface area (Å²) < 4.78 is 38.3. The molecule has 0 aliphatic rings. The number of likely N-dealkylation sites (N-methyl/N-ethyl adjacent to an activating group) is 2. The third-order valence-electron chi connectivity index (χ3n) is 4.06. The van der Waals surface area contributed by atoms with E-state index >= 15 is 0 Å². The Morgan fingerprint density at radius 3 is 2.19 bits per heavy atom. The summed E-state index contributed by atoms with van der Waals surface area (Å²) in [5.41, 5.74) is 0.608. The number of nitrogens with one attached hydrogen (secondary N) is 1. The molecule has 0 saturated carbocycles. The number of hydrogen-bond acceptors (Lipinski definition) is 2. The Bertz CT molecular complexity index is 802. The number of alkyl halides is 3. The average Bonchev–Trinajstić information content (AvgIpc) is 2.65. The average molecular weight is 378 g/mol. The van der Waals surface area contributed by atoms with Gasteiger partial charge in [0.1, 0.15) is 0 Å². The maximum Gasteiger partial charge on any atom is 0.416 e. The van der Waals surface area contributed by atoms with Crippen molar-refractivity contribution in [2.45, 2.75) is 20.0 Å². The van der Waals surface area contributed by atoms with Gasteiger partial charge in [-0.15, -0.1) is 0 Å². The molecule has 27 heavy (non-hydrogen) atoms. The van der Waals surface area contributed by atoms with E-state index in [4.69, 9.17) is 0 Å². The lowest BCUT2D eigenvalue weighted by atomic mass is 9.97. The van der Waals surface area contributed by atoms with Crippen LogP contribution in [-0.2, 0) is 11.0 Å². The van der Waals surface area contributed by atoms with Crippen molar-refractivity contribution in [3.63, 3.8) is 0 Å². The Morgan fingerprint density at radius 1 is 1.00 bits per heavy atom. The number of nitrogens with zero attached hydrogens (tertiary/aromatic N) is 1. The van der Waals surface area contributed by atoms with E-state index in [1.807, 2.05) is 0 Å². The topological polar surface area (TPSA) is 49.4 Å². The molecule has 0 bridgehead atoms. The Hall–Kier alpha value is -2.83. The normalized spacial score (nSPS) is 11.1. The van der Waals surface area contributed by atoms with Gasteiger partial charge < -0.3 is 10.2 Å². The molecule has 2 aromatic carbocycles. The summed E-state index contributed by atoms with van der Waals surface area (Å²) in [5, 5.41) is 2.64. The molecule has 2 amide bonds. The molecule has 0 spiro atoms. The van der Waals surface area contributed by atoms with Crippen molar-refractivity contribution in [1.82, 2.24) is 10.2 Å². The molecule has 144 valence electrons. The van der Waals surface area contributed by atoms with Crippen LogP contribution < -0.4 is 5.32 Å². The van der Waals surface area contributed by atoms with Crippen LogP contribution in [0.5, 0.6) is 0 Å². The molecule has 4 nitrogen and oxygen atoms in total. The van der Waals surface area contributed by atoms with Crippen LogP contribution in [0.1, 0.15) is 29.8 Å². The number of carbonyl (C=O) groups excluding carboxylic acids is 2. The van der Waals surface area contributed by atoms with Crippen LogP contribution in [0.25, 0.3) is 11.1 Å². The maximum atomic E-state index is 12.9. The Morgan fingerprint density at radius 2 is 1.63 bits per heavy atom. The van der Waals surface area contributed by atoms with Gasteiger partial charge in [-0.05, 0) is 43.2 Å². The smallest absolute Gasteiger partial charge is 0.355 e. The Labute approximate surface area is 156 Å². The van der Waals surface area contributed by atoms with Crippen LogP contribution in [0.3, 0.4) is 0 Å². The minimum atomic E-state index is -4.42. The summed E-state index contributed by atoms with van der Waals surface area (Å²) in [5.74, 6) is -0.612. The second-order valence-electron chi connectivity index (χ2n) is 5.89. The predicted octanol–water partition coefficient (Wildman–Crippen LogP) is 3.97. The van der Waals surface area contributed by atoms with Crippen molar-refractivity contribution in [3.05, 3.63) is 59.7 Å². The lowest BCUT2D eigenvalue weighted by molar-refractivity contribution is -0.137. The van der Waals surface area contributed by atoms with Crippen molar-refractivity contribution < 1.29 is 22.8 Å². The third-order valence-corrected chi connectivity index (χ3v) is 4.06. The quantitative estimate of drug-likeness (QED) is 0.827. The van der Waals surface area contributed by atoms with E-state index in [1.54, 1.807) is 38.1 Å². The number of benzene rings is 2. The fourth-order valence-corrected chi connectivity index (χ4v) is 2.68. The molecule has 0 radical (unpaired) electrons. The van der Waals surface area contributed by atoms with Gasteiger partial charge in [-0.1, -0.05) is 30.3 Å². The Kier molecular flexibility index (Phi) is 6.60. The van der Waals surface area contributed by atoms with Gasteiger partial charge in [-0.2, -0.15) is 13.2 Å². The van der Waals surface area contributed by atoms with Gasteiger partial charge in [0, 0.05) is 18.7 Å². The van der Waals surface area contributed by atoms with Gasteiger partial charge in [0.25, 0.3) is 5.91 Å². The second-order valence-corrected chi connectivity index (χ2v) is 5.89. The molecule has 0 aliphatic heterocycles. The number of halogens is 3. The van der Waals surface area contributed by atoms with Crippen LogP contribution in [0.15, 0.2) is 48.5 Å². The molecule has 2 rings (SSSR count). The van der Waals surface area contributed by atoms with Gasteiger partial charge in [-0.3, -0.25) is 9.59 Å². The minimum absolute atomic E-state index is 0.0789. The van der Waals surface area contributed by atoms with Gasteiger partial charge in [0.2, 0.25) is 5.91 Å². The van der Waals surface area contributed by atoms with Gasteiger partial charge in [0.05, 0.1) is 12.1 Å². The summed E-state index contributed by atoms with van der Waals surface area (Å²) >= 11 is 0. The van der Waals surface area contributed by atoms with Crippen molar-refractivity contribution in [2.24, 2.45) is 0 Å². The fourth-order valence-electron chi connectivity index (χ4n) is 2.68. The molecule has 0 atom stereocenters. The van der Waals surface area contributed by atoms with Crippen molar-refractivity contribution in [2.75, 3.05) is 19.6 Å². The standard InChI is InChI=1S/C20H21F3N2O2/c1-3-24-18(26)13-25(4-2)19(27)17-8-6-5-7-16(17)14-9-11-15(12-10-14)20(21,22)23/h5-12H,3-4,13H2,1-2H3,(H,24,26). The molecule has 0 saturated heterocycles. The van der Waals surface area contributed by atoms with Crippen LogP contribution in [-0.4, -0.2) is 36.3 Å². The number of hydrogen-bond donors (Lipinski definition) is 1. The summed E-state index contributed by atoms with van der Waals surface area (Å²) in [7, 11) is 0. The molecule has 7 heteroatoms. The highest BCUT2D eigenvalue weighted by Crippen LogP contribution is 2.32. The van der Waals surface area contributed by atoms with Crippen molar-refractivity contribution in [3.8, 4) is 11.1 Å². The highest BCUT2D eigenvalue weighted by atomic mass is 19.4. The summed E-state index contributed by atoms with van der Waals surface area (Å²) in [4.78, 5) is 26.1. The molecular formula is C20H21F3N2O2. The van der Waals surface area contributed by atoms with Crippen molar-refractivity contribution >= 4 is 11.8 Å². The molecule has 0 fully saturated rings. The highest BCUT2D eigenvalue weighted by Gasteiger charge is 2.30. The lowest BCUT2D eigenvalue weighted by Crippen LogP contribution is -2.40. The number of amides is 2. The zero-order valence-corrected chi connectivity index (χ0v) is 15.1. The summed E-state index contributed by atoms with van der Waals surface area (Å²) in [6.07, 6.45) is -4.42. The Balaban J connectivity index is 2.34. The van der Waals surface area contributed by atoms with Crippen LogP contribution in [0, 0.1) is 0 Å². The first-order valence-electron chi connectivity index (χ1n) is 8.60. The predicted molar refractivity (Wildman–Crippen MR) is 97.1 cm³/mol. The summed E-state index contributed by atoms with van der Waals surface area (Å²) in [6.45, 7) is 4.27. The third kappa shape index (κ3) is 5.09. The van der Waals surface area contributed by atoms with Crippen LogP contribution >= 0.6 is 0 Å². The molecule has 2 aromatic rings. The molecule has 1 N–H and O–H groups in total. The molecule has 0 unspecified atom stereocenters. The first-order valence-corrected chi connectivity index (χ1v) is 8.60. The second kappa shape index (κ2) is 8.70. The van der Waals surface area contributed by atoms with E-state index in [0.717, 1.165) is 12.1 Å². The van der Waals surface area contributed by atoms with E-state index in [-0.39, 0.29) is 18.4 Å². The van der Waals surface area contributed by atoms with Crippen LogP contribution in [0.2, 0.25) is 0 Å². The fraction of sp³-hybridized carbons (Fsp3) is 0.300. The van der Waals surface area contributed by atoms with Gasteiger partial charge >= 0.3 is 6.18 Å². The first-order chi connectivity index (χ1) is 12.8. The summed E-state index contributed by atoms with van der Waals surface area (Å²) in [6, 6.07) is 11.3. The molecule has 0 aromatic heterocycles. The number of rotatable bonds is 6. The highest BCUT2D eigenvalue weighted by molar-refractivity contribution is 6.02. The van der Waals surface area contributed by atoms with E-state index in [1.165, 1.54) is 17.0 Å². The lowest BCUT2D eigenvalue weighted by Gasteiger charge is -2.22. The van der Waals surface area contributed by atoms with Crippen LogP contribution in [0.4, 0.5) is 13.2 Å². The maximum absolute atomic E-state index is 12.9. The monoisotopic (exact) mass is 378 g/mol. The SMILES string of the molecule is CCNC(=O)CN(CC)C(=O)c1ccccc1-c1ccc(C(F)(F)F)cc1. The number of carbonyl (C=O) groups is 2. The van der Waals surface area contributed by atoms with E-state index in [2.05, 4.69) is 5.32 Å².